The highest BCUT2D eigenvalue weighted by Gasteiger charge is 2.13. The van der Waals surface area contributed by atoms with Gasteiger partial charge in [-0.05, 0) is 48.5 Å². The van der Waals surface area contributed by atoms with Crippen molar-refractivity contribution in [2.75, 3.05) is 26.6 Å². The molecule has 0 fully saturated rings. The lowest BCUT2D eigenvalue weighted by Gasteiger charge is -2.16. The maximum absolute atomic E-state index is 6.19. The molecule has 5 nitrogen and oxygen atoms in total. The standard InChI is InChI=1S/C22H19ClN2O3/c1-26-15-6-8-18-17(12-15)22(16-7-4-13(23)10-19(16)25-18)24-14-5-9-20(27-2)21(11-14)28-3/h4-12H,1-3H3,(H,24,25). The molecule has 0 atom stereocenters. The van der Waals surface area contributed by atoms with Crippen molar-refractivity contribution in [2.24, 2.45) is 0 Å². The molecule has 0 bridgehead atoms. The number of hydrogen-bond donors (Lipinski definition) is 1. The number of anilines is 2. The Morgan fingerprint density at radius 2 is 1.57 bits per heavy atom. The molecule has 0 saturated heterocycles. The second-order valence-corrected chi connectivity index (χ2v) is 6.66. The molecule has 6 heteroatoms. The van der Waals surface area contributed by atoms with E-state index in [-0.39, 0.29) is 0 Å². The average Bonchev–Trinajstić information content (AvgIpc) is 2.72. The molecule has 4 aromatic rings. The fourth-order valence-corrected chi connectivity index (χ4v) is 3.38. The van der Waals surface area contributed by atoms with Gasteiger partial charge in [0.15, 0.2) is 11.5 Å². The Bertz CT molecular complexity index is 1180. The molecule has 1 aromatic heterocycles. The lowest BCUT2D eigenvalue weighted by molar-refractivity contribution is 0.355. The number of rotatable bonds is 5. The number of ether oxygens (including phenoxy) is 3. The SMILES string of the molecule is COc1ccc2nc3cc(Cl)ccc3c(Nc3ccc(OC)c(OC)c3)c2c1. The van der Waals surface area contributed by atoms with Gasteiger partial charge in [0.1, 0.15) is 5.75 Å². The van der Waals surface area contributed by atoms with Crippen molar-refractivity contribution in [3.63, 3.8) is 0 Å². The molecule has 3 aromatic carbocycles. The molecule has 0 amide bonds. The van der Waals surface area contributed by atoms with Gasteiger partial charge in [-0.1, -0.05) is 11.6 Å². The molecule has 0 spiro atoms. The molecule has 1 N–H and O–H groups in total. The Kier molecular flexibility index (Phi) is 4.84. The molecule has 0 radical (unpaired) electrons. The maximum Gasteiger partial charge on any atom is 0.162 e. The summed E-state index contributed by atoms with van der Waals surface area (Å²) in [6, 6.07) is 17.2. The summed E-state index contributed by atoms with van der Waals surface area (Å²) in [5.74, 6) is 2.08. The number of methoxy groups -OCH3 is 3. The number of benzene rings is 3. The van der Waals surface area contributed by atoms with Crippen molar-refractivity contribution in [3.05, 3.63) is 59.6 Å². The van der Waals surface area contributed by atoms with Gasteiger partial charge in [-0.2, -0.15) is 0 Å². The summed E-state index contributed by atoms with van der Waals surface area (Å²) in [4.78, 5) is 4.75. The van der Waals surface area contributed by atoms with Crippen molar-refractivity contribution >= 4 is 44.8 Å². The minimum atomic E-state index is 0.643. The van der Waals surface area contributed by atoms with Crippen LogP contribution in [0.25, 0.3) is 21.8 Å². The molecule has 0 saturated carbocycles. The number of nitrogens with one attached hydrogen (secondary N) is 1. The van der Waals surface area contributed by atoms with Crippen LogP contribution >= 0.6 is 11.6 Å². The fourth-order valence-electron chi connectivity index (χ4n) is 3.22. The van der Waals surface area contributed by atoms with Crippen LogP contribution in [0, 0.1) is 0 Å². The second-order valence-electron chi connectivity index (χ2n) is 6.23. The Morgan fingerprint density at radius 3 is 2.32 bits per heavy atom. The van der Waals surface area contributed by atoms with Gasteiger partial charge in [0.25, 0.3) is 0 Å². The number of nitrogens with zero attached hydrogens (tertiary/aromatic N) is 1. The molecule has 142 valence electrons. The topological polar surface area (TPSA) is 52.6 Å². The van der Waals surface area contributed by atoms with Crippen molar-refractivity contribution in [1.82, 2.24) is 4.98 Å². The van der Waals surface area contributed by atoms with E-state index in [2.05, 4.69) is 5.32 Å². The summed E-state index contributed by atoms with van der Waals surface area (Å²) in [6.07, 6.45) is 0. The first-order valence-electron chi connectivity index (χ1n) is 8.69. The molecule has 4 rings (SSSR count). The number of halogens is 1. The molecule has 0 unspecified atom stereocenters. The van der Waals surface area contributed by atoms with Gasteiger partial charge in [0.2, 0.25) is 0 Å². The predicted molar refractivity (Wildman–Crippen MR) is 114 cm³/mol. The first kappa shape index (κ1) is 18.2. The van der Waals surface area contributed by atoms with E-state index in [4.69, 9.17) is 30.8 Å². The zero-order valence-electron chi connectivity index (χ0n) is 15.7. The number of aromatic nitrogens is 1. The minimum absolute atomic E-state index is 0.643. The smallest absolute Gasteiger partial charge is 0.162 e. The molecular weight excluding hydrogens is 376 g/mol. The van der Waals surface area contributed by atoms with E-state index in [1.807, 2.05) is 54.6 Å². The van der Waals surface area contributed by atoms with Gasteiger partial charge in [-0.3, -0.25) is 0 Å². The van der Waals surface area contributed by atoms with E-state index in [1.165, 1.54) is 0 Å². The van der Waals surface area contributed by atoms with E-state index in [1.54, 1.807) is 21.3 Å². The van der Waals surface area contributed by atoms with Crippen LogP contribution in [-0.2, 0) is 0 Å². The Morgan fingerprint density at radius 1 is 0.750 bits per heavy atom. The van der Waals surface area contributed by atoms with Gasteiger partial charge in [-0.25, -0.2) is 4.98 Å². The summed E-state index contributed by atoms with van der Waals surface area (Å²) in [7, 11) is 4.88. The van der Waals surface area contributed by atoms with E-state index in [9.17, 15) is 0 Å². The highest BCUT2D eigenvalue weighted by molar-refractivity contribution is 6.31. The lowest BCUT2D eigenvalue weighted by atomic mass is 10.1. The summed E-state index contributed by atoms with van der Waals surface area (Å²) in [6.45, 7) is 0. The molecular formula is C22H19ClN2O3. The Labute approximate surface area is 167 Å². The third-order valence-electron chi connectivity index (χ3n) is 4.60. The molecule has 1 heterocycles. The van der Waals surface area contributed by atoms with E-state index >= 15 is 0 Å². The second kappa shape index (κ2) is 7.44. The highest BCUT2D eigenvalue weighted by atomic mass is 35.5. The fraction of sp³-hybridized carbons (Fsp3) is 0.136. The van der Waals surface area contributed by atoms with Crippen LogP contribution in [0.2, 0.25) is 5.02 Å². The average molecular weight is 395 g/mol. The molecule has 0 aliphatic rings. The van der Waals surface area contributed by atoms with Crippen LogP contribution < -0.4 is 19.5 Å². The zero-order valence-corrected chi connectivity index (χ0v) is 16.5. The van der Waals surface area contributed by atoms with Gasteiger partial charge in [-0.15, -0.1) is 0 Å². The van der Waals surface area contributed by atoms with Gasteiger partial charge in [0, 0.05) is 27.5 Å². The lowest BCUT2D eigenvalue weighted by Crippen LogP contribution is -1.97. The largest absolute Gasteiger partial charge is 0.497 e. The van der Waals surface area contributed by atoms with Gasteiger partial charge in [0.05, 0.1) is 38.1 Å². The third kappa shape index (κ3) is 3.25. The van der Waals surface area contributed by atoms with Crippen molar-refractivity contribution in [2.45, 2.75) is 0 Å². The van der Waals surface area contributed by atoms with Crippen LogP contribution in [-0.4, -0.2) is 26.3 Å². The maximum atomic E-state index is 6.19. The first-order valence-corrected chi connectivity index (χ1v) is 9.07. The van der Waals surface area contributed by atoms with Crippen molar-refractivity contribution in [3.8, 4) is 17.2 Å². The van der Waals surface area contributed by atoms with Gasteiger partial charge < -0.3 is 19.5 Å². The Hall–Kier alpha value is -3.18. The summed E-state index contributed by atoms with van der Waals surface area (Å²) in [5, 5.41) is 6.06. The summed E-state index contributed by atoms with van der Waals surface area (Å²) >= 11 is 6.19. The van der Waals surface area contributed by atoms with E-state index in [0.29, 0.717) is 16.5 Å². The first-order chi connectivity index (χ1) is 13.6. The van der Waals surface area contributed by atoms with Crippen LogP contribution in [0.1, 0.15) is 0 Å². The monoisotopic (exact) mass is 394 g/mol. The van der Waals surface area contributed by atoms with Crippen LogP contribution in [0.15, 0.2) is 54.6 Å². The van der Waals surface area contributed by atoms with Gasteiger partial charge >= 0.3 is 0 Å². The predicted octanol–water partition coefficient (Wildman–Crippen LogP) is 5.81. The summed E-state index contributed by atoms with van der Waals surface area (Å²) < 4.78 is 16.2. The van der Waals surface area contributed by atoms with E-state index in [0.717, 1.165) is 38.9 Å². The van der Waals surface area contributed by atoms with Crippen LogP contribution in [0.4, 0.5) is 11.4 Å². The normalized spacial score (nSPS) is 10.9. The number of pyridine rings is 1. The Balaban J connectivity index is 1.94. The zero-order chi connectivity index (χ0) is 19.7. The summed E-state index contributed by atoms with van der Waals surface area (Å²) in [5.41, 5.74) is 3.44. The molecule has 0 aliphatic heterocycles. The quantitative estimate of drug-likeness (QED) is 0.433. The highest BCUT2D eigenvalue weighted by Crippen LogP contribution is 2.37. The van der Waals surface area contributed by atoms with Crippen LogP contribution in [0.5, 0.6) is 17.2 Å². The molecule has 0 aliphatic carbocycles. The number of hydrogen-bond acceptors (Lipinski definition) is 5. The third-order valence-corrected chi connectivity index (χ3v) is 4.83. The van der Waals surface area contributed by atoms with Crippen molar-refractivity contribution in [1.29, 1.82) is 0 Å². The van der Waals surface area contributed by atoms with Crippen LogP contribution in [0.3, 0.4) is 0 Å². The van der Waals surface area contributed by atoms with E-state index < -0.39 is 0 Å². The van der Waals surface area contributed by atoms with Crippen molar-refractivity contribution < 1.29 is 14.2 Å². The molecule has 28 heavy (non-hydrogen) atoms. The number of fused-ring (bicyclic) bond motifs is 2. The minimum Gasteiger partial charge on any atom is -0.497 e.